The molecule has 1 fully saturated rings. The van der Waals surface area contributed by atoms with Gasteiger partial charge in [0.2, 0.25) is 0 Å². The van der Waals surface area contributed by atoms with Gasteiger partial charge in [0, 0.05) is 11.3 Å². The van der Waals surface area contributed by atoms with Crippen LogP contribution in [0.15, 0.2) is 0 Å². The van der Waals surface area contributed by atoms with Gasteiger partial charge in [0.25, 0.3) is 0 Å². The van der Waals surface area contributed by atoms with Gasteiger partial charge in [-0.15, -0.1) is 0 Å². The molecule has 1 aromatic heterocycles. The quantitative estimate of drug-likeness (QED) is 0.812. The lowest BCUT2D eigenvalue weighted by molar-refractivity contribution is -0.706. The molecular formula is C16H27N2O2+. The van der Waals surface area contributed by atoms with Crippen molar-refractivity contribution in [3.63, 3.8) is 0 Å². The summed E-state index contributed by atoms with van der Waals surface area (Å²) in [6.07, 6.45) is 6.76. The summed E-state index contributed by atoms with van der Waals surface area (Å²) in [6.45, 7) is 7.26. The molecule has 0 atom stereocenters. The van der Waals surface area contributed by atoms with Crippen LogP contribution in [0.2, 0.25) is 0 Å². The number of aromatic amines is 1. The van der Waals surface area contributed by atoms with Crippen molar-refractivity contribution in [1.82, 2.24) is 4.98 Å². The highest BCUT2D eigenvalue weighted by Gasteiger charge is 2.21. The molecule has 0 bridgehead atoms. The van der Waals surface area contributed by atoms with Gasteiger partial charge in [-0.05, 0) is 52.0 Å². The maximum atomic E-state index is 11.9. The molecule has 2 rings (SSSR count). The largest absolute Gasteiger partial charge is 0.461 e. The van der Waals surface area contributed by atoms with Crippen molar-refractivity contribution in [2.75, 3.05) is 6.61 Å². The number of H-pyrrole nitrogens is 1. The third-order valence-electron chi connectivity index (χ3n) is 4.38. The van der Waals surface area contributed by atoms with E-state index in [0.717, 1.165) is 23.8 Å². The van der Waals surface area contributed by atoms with Crippen LogP contribution in [0.1, 0.15) is 66.3 Å². The van der Waals surface area contributed by atoms with Crippen LogP contribution in [-0.4, -0.2) is 23.6 Å². The van der Waals surface area contributed by atoms with Crippen molar-refractivity contribution in [2.45, 2.75) is 65.5 Å². The summed E-state index contributed by atoms with van der Waals surface area (Å²) in [5.41, 5.74) is 4.03. The van der Waals surface area contributed by atoms with Crippen LogP contribution in [0.4, 0.5) is 0 Å². The number of hydrogen-bond acceptors (Lipinski definition) is 2. The minimum atomic E-state index is -0.239. The zero-order chi connectivity index (χ0) is 14.5. The second-order valence-electron chi connectivity index (χ2n) is 5.79. The van der Waals surface area contributed by atoms with E-state index in [1.54, 1.807) is 0 Å². The Morgan fingerprint density at radius 3 is 2.65 bits per heavy atom. The fourth-order valence-electron chi connectivity index (χ4n) is 3.16. The lowest BCUT2D eigenvalue weighted by atomic mass is 9.95. The van der Waals surface area contributed by atoms with Crippen LogP contribution < -0.4 is 5.32 Å². The number of aromatic nitrogens is 1. The molecule has 4 heteroatoms. The van der Waals surface area contributed by atoms with E-state index in [4.69, 9.17) is 4.74 Å². The van der Waals surface area contributed by atoms with E-state index in [1.807, 2.05) is 20.8 Å². The van der Waals surface area contributed by atoms with Crippen molar-refractivity contribution in [3.8, 4) is 0 Å². The Bertz CT molecular complexity index is 459. The fraction of sp³-hybridized carbons (Fsp3) is 0.688. The summed E-state index contributed by atoms with van der Waals surface area (Å²) in [7, 11) is 0. The number of carbonyl (C=O) groups is 1. The Kier molecular flexibility index (Phi) is 5.24. The molecule has 1 aliphatic rings. The highest BCUT2D eigenvalue weighted by molar-refractivity contribution is 5.89. The fourth-order valence-corrected chi connectivity index (χ4v) is 3.16. The predicted molar refractivity (Wildman–Crippen MR) is 78.7 cm³/mol. The molecule has 1 aliphatic carbocycles. The maximum Gasteiger partial charge on any atom is 0.355 e. The molecule has 0 unspecified atom stereocenters. The molecule has 1 saturated carbocycles. The number of quaternary nitrogens is 1. The lowest BCUT2D eigenvalue weighted by Gasteiger charge is -2.20. The molecule has 0 saturated heterocycles. The van der Waals surface area contributed by atoms with Crippen molar-refractivity contribution >= 4 is 5.97 Å². The van der Waals surface area contributed by atoms with Crippen LogP contribution in [-0.2, 0) is 11.3 Å². The predicted octanol–water partition coefficient (Wildman–Crippen LogP) is 2.20. The summed E-state index contributed by atoms with van der Waals surface area (Å²) >= 11 is 0. The summed E-state index contributed by atoms with van der Waals surface area (Å²) in [4.78, 5) is 15.1. The first-order valence-electron chi connectivity index (χ1n) is 7.82. The third kappa shape index (κ3) is 3.42. The summed E-state index contributed by atoms with van der Waals surface area (Å²) in [5, 5.41) is 2.44. The van der Waals surface area contributed by atoms with E-state index >= 15 is 0 Å². The second kappa shape index (κ2) is 6.93. The van der Waals surface area contributed by atoms with Crippen LogP contribution in [0.5, 0.6) is 0 Å². The Morgan fingerprint density at radius 2 is 2.00 bits per heavy atom. The molecule has 3 N–H and O–H groups in total. The van der Waals surface area contributed by atoms with Gasteiger partial charge < -0.3 is 15.0 Å². The first-order valence-corrected chi connectivity index (χ1v) is 7.82. The average molecular weight is 279 g/mol. The molecule has 4 nitrogen and oxygen atoms in total. The van der Waals surface area contributed by atoms with Crippen LogP contribution in [0.3, 0.4) is 0 Å². The summed E-state index contributed by atoms with van der Waals surface area (Å²) < 4.78 is 5.09. The van der Waals surface area contributed by atoms with Crippen molar-refractivity contribution < 1.29 is 14.8 Å². The molecule has 1 aromatic rings. The minimum Gasteiger partial charge on any atom is -0.461 e. The van der Waals surface area contributed by atoms with E-state index in [9.17, 15) is 4.79 Å². The SMILES string of the molecule is CCOC(=O)c1[nH]c(C)c(C[NH2+]C2CCCCC2)c1C. The van der Waals surface area contributed by atoms with Gasteiger partial charge in [-0.25, -0.2) is 4.79 Å². The number of nitrogens with one attached hydrogen (secondary N) is 1. The standard InChI is InChI=1S/C16H26N2O2/c1-4-20-16(19)15-11(2)14(12(3)18-15)10-17-13-8-6-5-7-9-13/h13,17-18H,4-10H2,1-3H3/p+1. The van der Waals surface area contributed by atoms with E-state index in [2.05, 4.69) is 10.3 Å². The number of hydrogen-bond donors (Lipinski definition) is 2. The highest BCUT2D eigenvalue weighted by Crippen LogP contribution is 2.19. The number of rotatable bonds is 5. The minimum absolute atomic E-state index is 0.239. The van der Waals surface area contributed by atoms with Gasteiger partial charge in [-0.1, -0.05) is 6.42 Å². The number of aryl methyl sites for hydroxylation is 1. The zero-order valence-corrected chi connectivity index (χ0v) is 12.9. The van der Waals surface area contributed by atoms with E-state index in [-0.39, 0.29) is 5.97 Å². The van der Waals surface area contributed by atoms with Gasteiger partial charge in [0.05, 0.1) is 12.6 Å². The van der Waals surface area contributed by atoms with E-state index in [1.165, 1.54) is 37.7 Å². The van der Waals surface area contributed by atoms with Gasteiger partial charge >= 0.3 is 5.97 Å². The molecular weight excluding hydrogens is 252 g/mol. The van der Waals surface area contributed by atoms with Crippen molar-refractivity contribution in [2.24, 2.45) is 0 Å². The molecule has 1 heterocycles. The molecule has 112 valence electrons. The monoisotopic (exact) mass is 279 g/mol. The van der Waals surface area contributed by atoms with Crippen molar-refractivity contribution in [3.05, 3.63) is 22.5 Å². The maximum absolute atomic E-state index is 11.9. The Morgan fingerprint density at radius 1 is 1.30 bits per heavy atom. The Labute approximate surface area is 121 Å². The molecule has 20 heavy (non-hydrogen) atoms. The van der Waals surface area contributed by atoms with E-state index in [0.29, 0.717) is 12.3 Å². The Balaban J connectivity index is 2.02. The van der Waals surface area contributed by atoms with Crippen LogP contribution in [0, 0.1) is 13.8 Å². The molecule has 0 spiro atoms. The average Bonchev–Trinajstić information content (AvgIpc) is 2.73. The number of esters is 1. The highest BCUT2D eigenvalue weighted by atomic mass is 16.5. The molecule has 0 aliphatic heterocycles. The molecule has 0 aromatic carbocycles. The summed E-state index contributed by atoms with van der Waals surface area (Å²) in [5.74, 6) is -0.239. The second-order valence-corrected chi connectivity index (χ2v) is 5.79. The van der Waals surface area contributed by atoms with Gasteiger partial charge in [0.15, 0.2) is 0 Å². The van der Waals surface area contributed by atoms with Gasteiger partial charge in [-0.3, -0.25) is 0 Å². The first kappa shape index (κ1) is 15.1. The topological polar surface area (TPSA) is 58.7 Å². The number of carbonyl (C=O) groups excluding carboxylic acids is 1. The normalized spacial score (nSPS) is 16.4. The first-order chi connectivity index (χ1) is 9.63. The van der Waals surface area contributed by atoms with Crippen molar-refractivity contribution in [1.29, 1.82) is 0 Å². The van der Waals surface area contributed by atoms with Gasteiger partial charge in [-0.2, -0.15) is 0 Å². The molecule has 0 radical (unpaired) electrons. The molecule has 0 amide bonds. The van der Waals surface area contributed by atoms with Gasteiger partial charge in [0.1, 0.15) is 12.2 Å². The number of nitrogens with two attached hydrogens (primary N) is 1. The number of ether oxygens (including phenoxy) is 1. The summed E-state index contributed by atoms with van der Waals surface area (Å²) in [6, 6.07) is 0.753. The third-order valence-corrected chi connectivity index (χ3v) is 4.38. The van der Waals surface area contributed by atoms with Crippen LogP contribution >= 0.6 is 0 Å². The zero-order valence-electron chi connectivity index (χ0n) is 12.9. The smallest absolute Gasteiger partial charge is 0.355 e. The lowest BCUT2D eigenvalue weighted by Crippen LogP contribution is -2.88. The van der Waals surface area contributed by atoms with Crippen LogP contribution in [0.25, 0.3) is 0 Å². The Hall–Kier alpha value is -1.29. The van der Waals surface area contributed by atoms with E-state index < -0.39 is 0 Å².